The maximum Gasteiger partial charge on any atom is 0.233 e. The number of hydrogen-bond acceptors (Lipinski definition) is 3. The third-order valence-corrected chi connectivity index (χ3v) is 2.78. The second-order valence-corrected chi connectivity index (χ2v) is 4.43. The van der Waals surface area contributed by atoms with Crippen molar-refractivity contribution >= 4 is 11.7 Å². The van der Waals surface area contributed by atoms with Gasteiger partial charge >= 0.3 is 0 Å². The second kappa shape index (κ2) is 7.69. The zero-order valence-electron chi connectivity index (χ0n) is 11.6. The zero-order chi connectivity index (χ0) is 15.1. The molecule has 20 heavy (non-hydrogen) atoms. The first-order chi connectivity index (χ1) is 9.47. The number of likely N-dealkylation sites (N-methyl/N-ethyl adjacent to an activating group) is 1. The summed E-state index contributed by atoms with van der Waals surface area (Å²) in [5.41, 5.74) is -0.289. The Balaban J connectivity index is 2.79. The number of amides is 1. The summed E-state index contributed by atoms with van der Waals surface area (Å²) < 4.78 is 26.6. The quantitative estimate of drug-likeness (QED) is 0.774. The molecular formula is C14H18F2N2O2. The maximum atomic E-state index is 13.5. The van der Waals surface area contributed by atoms with Crippen LogP contribution in [0, 0.1) is 11.6 Å². The topological polar surface area (TPSA) is 49.4 Å². The molecule has 0 bridgehead atoms. The molecule has 0 unspecified atom stereocenters. The van der Waals surface area contributed by atoms with Crippen LogP contribution < -0.4 is 5.32 Å². The number of carbonyl (C=O) groups is 2. The lowest BCUT2D eigenvalue weighted by Gasteiger charge is -2.19. The molecule has 0 aliphatic heterocycles. The number of nitrogens with one attached hydrogen (secondary N) is 1. The first-order valence-corrected chi connectivity index (χ1v) is 6.39. The predicted octanol–water partition coefficient (Wildman–Crippen LogP) is 1.61. The van der Waals surface area contributed by atoms with E-state index in [1.54, 1.807) is 4.90 Å². The largest absolute Gasteiger partial charge is 0.358 e. The van der Waals surface area contributed by atoms with Crippen LogP contribution in [0.3, 0.4) is 0 Å². The third kappa shape index (κ3) is 4.70. The summed E-state index contributed by atoms with van der Waals surface area (Å²) in [4.78, 5) is 24.9. The molecule has 0 spiro atoms. The summed E-state index contributed by atoms with van der Waals surface area (Å²) in [6, 6.07) is 2.76. The molecule has 1 aromatic carbocycles. The van der Waals surface area contributed by atoms with Gasteiger partial charge in [0.2, 0.25) is 5.91 Å². The number of Topliss-reactive ketones (excluding diaryl/α,β-unsaturated/α-hetero) is 1. The molecule has 0 aliphatic carbocycles. The van der Waals surface area contributed by atoms with Crippen LogP contribution in [-0.4, -0.2) is 43.3 Å². The number of hydrogen-bond donors (Lipinski definition) is 1. The number of benzene rings is 1. The van der Waals surface area contributed by atoms with E-state index in [9.17, 15) is 18.4 Å². The van der Waals surface area contributed by atoms with E-state index >= 15 is 0 Å². The molecule has 1 amide bonds. The molecular weight excluding hydrogens is 266 g/mol. The van der Waals surface area contributed by atoms with Gasteiger partial charge in [0.1, 0.15) is 11.6 Å². The predicted molar refractivity (Wildman–Crippen MR) is 71.5 cm³/mol. The smallest absolute Gasteiger partial charge is 0.233 e. The van der Waals surface area contributed by atoms with Crippen LogP contribution >= 0.6 is 0 Å². The summed E-state index contributed by atoms with van der Waals surface area (Å²) in [5.74, 6) is -2.19. The molecule has 0 heterocycles. The highest BCUT2D eigenvalue weighted by atomic mass is 19.1. The van der Waals surface area contributed by atoms with Crippen LogP contribution in [0.2, 0.25) is 0 Å². The Morgan fingerprint density at radius 2 is 1.95 bits per heavy atom. The average molecular weight is 284 g/mol. The highest BCUT2D eigenvalue weighted by Gasteiger charge is 2.18. The molecule has 4 nitrogen and oxygen atoms in total. The van der Waals surface area contributed by atoms with Crippen LogP contribution in [0.5, 0.6) is 0 Å². The van der Waals surface area contributed by atoms with Crippen molar-refractivity contribution in [3.63, 3.8) is 0 Å². The number of carbonyl (C=O) groups excluding carboxylic acids is 2. The standard InChI is InChI=1S/C14H18F2N2O2/c1-3-6-18(9-14(20)17-2)8-13(19)11-7-10(15)4-5-12(11)16/h4-5,7H,3,6,8-9H2,1-2H3,(H,17,20). The van der Waals surface area contributed by atoms with E-state index in [4.69, 9.17) is 0 Å². The Hall–Kier alpha value is -1.82. The molecule has 0 aromatic heterocycles. The van der Waals surface area contributed by atoms with E-state index in [1.807, 2.05) is 6.92 Å². The molecule has 110 valence electrons. The van der Waals surface area contributed by atoms with Crippen LogP contribution in [0.1, 0.15) is 23.7 Å². The second-order valence-electron chi connectivity index (χ2n) is 4.43. The van der Waals surface area contributed by atoms with Crippen molar-refractivity contribution in [1.82, 2.24) is 10.2 Å². The lowest BCUT2D eigenvalue weighted by atomic mass is 10.1. The van der Waals surface area contributed by atoms with Gasteiger partial charge in [-0.05, 0) is 31.2 Å². The van der Waals surface area contributed by atoms with Crippen LogP contribution in [0.25, 0.3) is 0 Å². The van der Waals surface area contributed by atoms with Crippen molar-refractivity contribution in [2.24, 2.45) is 0 Å². The first kappa shape index (κ1) is 16.2. The molecule has 0 radical (unpaired) electrons. The van der Waals surface area contributed by atoms with E-state index in [1.165, 1.54) is 7.05 Å². The van der Waals surface area contributed by atoms with E-state index < -0.39 is 17.4 Å². The molecule has 0 aliphatic rings. The molecule has 6 heteroatoms. The highest BCUT2D eigenvalue weighted by Crippen LogP contribution is 2.11. The summed E-state index contributed by atoms with van der Waals surface area (Å²) in [7, 11) is 1.50. The Morgan fingerprint density at radius 1 is 1.25 bits per heavy atom. The summed E-state index contributed by atoms with van der Waals surface area (Å²) >= 11 is 0. The van der Waals surface area contributed by atoms with Crippen molar-refractivity contribution in [3.8, 4) is 0 Å². The van der Waals surface area contributed by atoms with Crippen LogP contribution in [-0.2, 0) is 4.79 Å². The summed E-state index contributed by atoms with van der Waals surface area (Å²) in [6.45, 7) is 2.36. The molecule has 1 rings (SSSR count). The van der Waals surface area contributed by atoms with Crippen LogP contribution in [0.15, 0.2) is 18.2 Å². The van der Waals surface area contributed by atoms with E-state index in [0.29, 0.717) is 6.54 Å². The van der Waals surface area contributed by atoms with Gasteiger partial charge in [0.25, 0.3) is 0 Å². The highest BCUT2D eigenvalue weighted by molar-refractivity contribution is 5.98. The lowest BCUT2D eigenvalue weighted by Crippen LogP contribution is -2.39. The summed E-state index contributed by atoms with van der Waals surface area (Å²) in [5, 5.41) is 2.46. The number of ketones is 1. The third-order valence-electron chi connectivity index (χ3n) is 2.78. The maximum absolute atomic E-state index is 13.5. The molecule has 0 saturated carbocycles. The SMILES string of the molecule is CCCN(CC(=O)NC)CC(=O)c1cc(F)ccc1F. The minimum Gasteiger partial charge on any atom is -0.358 e. The fourth-order valence-electron chi connectivity index (χ4n) is 1.81. The molecule has 0 fully saturated rings. The molecule has 0 saturated heterocycles. The van der Waals surface area contributed by atoms with Crippen LogP contribution in [0.4, 0.5) is 8.78 Å². The first-order valence-electron chi connectivity index (χ1n) is 6.39. The number of nitrogens with zero attached hydrogens (tertiary/aromatic N) is 1. The van der Waals surface area contributed by atoms with Gasteiger partial charge in [-0.25, -0.2) is 8.78 Å². The molecule has 0 atom stereocenters. The minimum atomic E-state index is -0.757. The van der Waals surface area contributed by atoms with Gasteiger partial charge in [0, 0.05) is 7.05 Å². The van der Waals surface area contributed by atoms with Gasteiger partial charge in [0.05, 0.1) is 18.7 Å². The number of rotatable bonds is 7. The van der Waals surface area contributed by atoms with Crippen molar-refractivity contribution in [3.05, 3.63) is 35.4 Å². The van der Waals surface area contributed by atoms with Gasteiger partial charge in [-0.2, -0.15) is 0 Å². The average Bonchev–Trinajstić information content (AvgIpc) is 2.41. The van der Waals surface area contributed by atoms with Gasteiger partial charge in [-0.1, -0.05) is 6.92 Å². The van der Waals surface area contributed by atoms with E-state index in [0.717, 1.165) is 24.6 Å². The Kier molecular flexibility index (Phi) is 6.24. The molecule has 1 N–H and O–H groups in total. The monoisotopic (exact) mass is 284 g/mol. The number of halogens is 2. The van der Waals surface area contributed by atoms with Crippen molar-refractivity contribution in [2.75, 3.05) is 26.7 Å². The fourth-order valence-corrected chi connectivity index (χ4v) is 1.81. The fraction of sp³-hybridized carbons (Fsp3) is 0.429. The van der Waals surface area contributed by atoms with Gasteiger partial charge in [0.15, 0.2) is 5.78 Å². The normalized spacial score (nSPS) is 10.7. The lowest BCUT2D eigenvalue weighted by molar-refractivity contribution is -0.121. The summed E-state index contributed by atoms with van der Waals surface area (Å²) in [6.07, 6.45) is 0.746. The van der Waals surface area contributed by atoms with E-state index in [-0.39, 0.29) is 24.6 Å². The van der Waals surface area contributed by atoms with Crippen molar-refractivity contribution in [2.45, 2.75) is 13.3 Å². The van der Waals surface area contributed by atoms with Gasteiger partial charge in [-0.15, -0.1) is 0 Å². The van der Waals surface area contributed by atoms with Gasteiger partial charge in [-0.3, -0.25) is 14.5 Å². The Bertz CT molecular complexity index is 492. The van der Waals surface area contributed by atoms with Crippen molar-refractivity contribution in [1.29, 1.82) is 0 Å². The molecule has 1 aromatic rings. The minimum absolute atomic E-state index is 0.0486. The Labute approximate surface area is 116 Å². The van der Waals surface area contributed by atoms with E-state index in [2.05, 4.69) is 5.32 Å². The zero-order valence-corrected chi connectivity index (χ0v) is 11.6. The Morgan fingerprint density at radius 3 is 2.55 bits per heavy atom. The van der Waals surface area contributed by atoms with Gasteiger partial charge < -0.3 is 5.32 Å². The van der Waals surface area contributed by atoms with Crippen molar-refractivity contribution < 1.29 is 18.4 Å².